The summed E-state index contributed by atoms with van der Waals surface area (Å²) in [4.78, 5) is 13.4. The highest BCUT2D eigenvalue weighted by molar-refractivity contribution is 7.89. The first kappa shape index (κ1) is 16.7. The standard InChI is InChI=1S/C15H18N2O3S2/c1-10-5-7-12(8-6-10)16-15(18)13-9-14(11(2)21-13)22(19,20)17(3)4/h5-9H,1-4H3,(H,16,18). The van der Waals surface area contributed by atoms with Crippen LogP contribution >= 0.6 is 11.3 Å². The van der Waals surface area contributed by atoms with E-state index in [0.29, 0.717) is 15.4 Å². The van der Waals surface area contributed by atoms with Gasteiger partial charge in [0.2, 0.25) is 10.0 Å². The van der Waals surface area contributed by atoms with Crippen molar-refractivity contribution in [3.05, 3.63) is 45.6 Å². The van der Waals surface area contributed by atoms with Gasteiger partial charge in [-0.2, -0.15) is 0 Å². The van der Waals surface area contributed by atoms with Crippen LogP contribution in [0.4, 0.5) is 5.69 Å². The van der Waals surface area contributed by atoms with Crippen molar-refractivity contribution in [2.45, 2.75) is 18.7 Å². The highest BCUT2D eigenvalue weighted by Crippen LogP contribution is 2.28. The maximum Gasteiger partial charge on any atom is 0.265 e. The fourth-order valence-electron chi connectivity index (χ4n) is 1.86. The molecule has 1 aromatic heterocycles. The fraction of sp³-hybridized carbons (Fsp3) is 0.267. The minimum atomic E-state index is -3.53. The van der Waals surface area contributed by atoms with Gasteiger partial charge in [0.1, 0.15) is 0 Å². The average molecular weight is 338 g/mol. The van der Waals surface area contributed by atoms with Crippen LogP contribution in [-0.2, 0) is 10.0 Å². The van der Waals surface area contributed by atoms with E-state index in [2.05, 4.69) is 5.32 Å². The van der Waals surface area contributed by atoms with Crippen LogP contribution in [0.5, 0.6) is 0 Å². The van der Waals surface area contributed by atoms with Gasteiger partial charge in [-0.3, -0.25) is 4.79 Å². The summed E-state index contributed by atoms with van der Waals surface area (Å²) in [5.41, 5.74) is 1.78. The zero-order valence-electron chi connectivity index (χ0n) is 12.9. The molecule has 1 heterocycles. The van der Waals surface area contributed by atoms with E-state index in [9.17, 15) is 13.2 Å². The molecule has 22 heavy (non-hydrogen) atoms. The van der Waals surface area contributed by atoms with Crippen molar-refractivity contribution in [3.63, 3.8) is 0 Å². The first-order valence-corrected chi connectivity index (χ1v) is 8.88. The van der Waals surface area contributed by atoms with Gasteiger partial charge in [-0.25, -0.2) is 12.7 Å². The molecule has 0 saturated heterocycles. The summed E-state index contributed by atoms with van der Waals surface area (Å²) in [6.45, 7) is 3.66. The lowest BCUT2D eigenvalue weighted by molar-refractivity contribution is 0.103. The predicted molar refractivity (Wildman–Crippen MR) is 89.1 cm³/mol. The predicted octanol–water partition coefficient (Wildman–Crippen LogP) is 2.87. The van der Waals surface area contributed by atoms with Gasteiger partial charge < -0.3 is 5.32 Å². The average Bonchev–Trinajstić information content (AvgIpc) is 2.84. The molecule has 0 fully saturated rings. The molecule has 7 heteroatoms. The molecule has 0 radical (unpaired) electrons. The normalized spacial score (nSPS) is 11.7. The summed E-state index contributed by atoms with van der Waals surface area (Å²) in [6, 6.07) is 8.85. The largest absolute Gasteiger partial charge is 0.321 e. The molecule has 118 valence electrons. The number of nitrogens with zero attached hydrogens (tertiary/aromatic N) is 1. The first-order valence-electron chi connectivity index (χ1n) is 6.63. The van der Waals surface area contributed by atoms with Gasteiger partial charge in [0.25, 0.3) is 5.91 Å². The third kappa shape index (κ3) is 3.37. The molecule has 1 amide bonds. The summed E-state index contributed by atoms with van der Waals surface area (Å²) in [5, 5.41) is 2.77. The van der Waals surface area contributed by atoms with E-state index >= 15 is 0 Å². The number of aryl methyl sites for hydroxylation is 2. The lowest BCUT2D eigenvalue weighted by Gasteiger charge is -2.10. The van der Waals surface area contributed by atoms with Crippen LogP contribution in [0.25, 0.3) is 0 Å². The maximum atomic E-state index is 12.3. The van der Waals surface area contributed by atoms with E-state index in [4.69, 9.17) is 0 Å². The Labute approximate surface area is 134 Å². The van der Waals surface area contributed by atoms with Crippen molar-refractivity contribution < 1.29 is 13.2 Å². The summed E-state index contributed by atoms with van der Waals surface area (Å²) in [7, 11) is -0.594. The second kappa shape index (κ2) is 6.20. The number of hydrogen-bond donors (Lipinski definition) is 1. The van der Waals surface area contributed by atoms with Crippen molar-refractivity contribution in [2.75, 3.05) is 19.4 Å². The molecular weight excluding hydrogens is 320 g/mol. The van der Waals surface area contributed by atoms with Gasteiger partial charge >= 0.3 is 0 Å². The van der Waals surface area contributed by atoms with Gasteiger partial charge in [0, 0.05) is 24.7 Å². The van der Waals surface area contributed by atoms with E-state index in [1.165, 1.54) is 31.5 Å². The molecule has 5 nitrogen and oxygen atoms in total. The Morgan fingerprint density at radius 1 is 1.14 bits per heavy atom. The molecule has 0 spiro atoms. The Bertz CT molecular complexity index is 791. The minimum absolute atomic E-state index is 0.177. The van der Waals surface area contributed by atoms with Crippen LogP contribution in [0.15, 0.2) is 35.2 Å². The number of sulfonamides is 1. The quantitative estimate of drug-likeness (QED) is 0.932. The second-order valence-corrected chi connectivity index (χ2v) is 8.52. The molecule has 1 N–H and O–H groups in total. The molecule has 0 bridgehead atoms. The van der Waals surface area contributed by atoms with Crippen LogP contribution < -0.4 is 5.32 Å². The Kier molecular flexibility index (Phi) is 4.69. The van der Waals surface area contributed by atoms with Gasteiger partial charge in [0.15, 0.2) is 0 Å². The van der Waals surface area contributed by atoms with Gasteiger partial charge in [0.05, 0.1) is 9.77 Å². The van der Waals surface area contributed by atoms with Crippen molar-refractivity contribution in [2.24, 2.45) is 0 Å². The van der Waals surface area contributed by atoms with Crippen LogP contribution in [0.2, 0.25) is 0 Å². The van der Waals surface area contributed by atoms with E-state index < -0.39 is 10.0 Å². The van der Waals surface area contributed by atoms with Crippen molar-refractivity contribution in [1.82, 2.24) is 4.31 Å². The second-order valence-electron chi connectivity index (χ2n) is 5.14. The molecule has 2 rings (SSSR count). The molecule has 0 aliphatic rings. The van der Waals surface area contributed by atoms with E-state index in [1.54, 1.807) is 6.92 Å². The Morgan fingerprint density at radius 2 is 1.73 bits per heavy atom. The highest BCUT2D eigenvalue weighted by atomic mass is 32.2. The van der Waals surface area contributed by atoms with Crippen molar-refractivity contribution in [1.29, 1.82) is 0 Å². The van der Waals surface area contributed by atoms with Gasteiger partial charge in [-0.15, -0.1) is 11.3 Å². The third-order valence-electron chi connectivity index (χ3n) is 3.16. The number of anilines is 1. The Hall–Kier alpha value is -1.70. The molecule has 0 aliphatic heterocycles. The van der Waals surface area contributed by atoms with Crippen LogP contribution in [0.1, 0.15) is 20.1 Å². The van der Waals surface area contributed by atoms with Crippen LogP contribution in [0, 0.1) is 13.8 Å². The fourth-order valence-corrected chi connectivity index (χ4v) is 4.21. The smallest absolute Gasteiger partial charge is 0.265 e. The van der Waals surface area contributed by atoms with E-state index in [0.717, 1.165) is 9.87 Å². The monoisotopic (exact) mass is 338 g/mol. The van der Waals surface area contributed by atoms with Crippen LogP contribution in [0.3, 0.4) is 0 Å². The van der Waals surface area contributed by atoms with E-state index in [1.807, 2.05) is 31.2 Å². The molecule has 2 aromatic rings. The van der Waals surface area contributed by atoms with Gasteiger partial charge in [-0.1, -0.05) is 17.7 Å². The molecule has 0 atom stereocenters. The number of benzene rings is 1. The Balaban J connectivity index is 2.27. The number of nitrogens with one attached hydrogen (secondary N) is 1. The molecule has 0 unspecified atom stereocenters. The zero-order valence-corrected chi connectivity index (χ0v) is 14.5. The number of thiophene rings is 1. The first-order chi connectivity index (χ1) is 10.2. The minimum Gasteiger partial charge on any atom is -0.321 e. The zero-order chi connectivity index (χ0) is 16.5. The number of rotatable bonds is 4. The highest BCUT2D eigenvalue weighted by Gasteiger charge is 2.24. The third-order valence-corrected chi connectivity index (χ3v) is 6.28. The summed E-state index contributed by atoms with van der Waals surface area (Å²) < 4.78 is 25.5. The SMILES string of the molecule is Cc1ccc(NC(=O)c2cc(S(=O)(=O)N(C)C)c(C)s2)cc1. The van der Waals surface area contributed by atoms with Gasteiger partial charge in [-0.05, 0) is 32.0 Å². The number of carbonyl (C=O) groups excluding carboxylic acids is 1. The summed E-state index contributed by atoms with van der Waals surface area (Å²) in [5.74, 6) is -0.308. The summed E-state index contributed by atoms with van der Waals surface area (Å²) >= 11 is 1.17. The molecule has 0 saturated carbocycles. The summed E-state index contributed by atoms with van der Waals surface area (Å²) in [6.07, 6.45) is 0. The topological polar surface area (TPSA) is 66.5 Å². The lowest BCUT2D eigenvalue weighted by atomic mass is 10.2. The number of amides is 1. The number of hydrogen-bond acceptors (Lipinski definition) is 4. The maximum absolute atomic E-state index is 12.3. The lowest BCUT2D eigenvalue weighted by Crippen LogP contribution is -2.22. The van der Waals surface area contributed by atoms with E-state index in [-0.39, 0.29) is 10.8 Å². The Morgan fingerprint density at radius 3 is 2.27 bits per heavy atom. The molecular formula is C15H18N2O3S2. The van der Waals surface area contributed by atoms with Crippen LogP contribution in [-0.4, -0.2) is 32.7 Å². The van der Waals surface area contributed by atoms with Crippen molar-refractivity contribution >= 4 is 33.0 Å². The molecule has 1 aromatic carbocycles. The number of carbonyl (C=O) groups is 1. The van der Waals surface area contributed by atoms with Crippen molar-refractivity contribution in [3.8, 4) is 0 Å². The molecule has 0 aliphatic carbocycles.